The molecule has 0 aliphatic carbocycles. The molecule has 0 aromatic heterocycles. The van der Waals surface area contributed by atoms with Crippen LogP contribution in [0.4, 0.5) is 5.69 Å². The first-order chi connectivity index (χ1) is 10.8. The lowest BCUT2D eigenvalue weighted by Gasteiger charge is -2.09. The van der Waals surface area contributed by atoms with Crippen molar-refractivity contribution in [2.45, 2.75) is 11.8 Å². The van der Waals surface area contributed by atoms with Crippen LogP contribution in [0, 0.1) is 6.92 Å². The molecule has 0 aliphatic heterocycles. The number of rotatable bonds is 5. The summed E-state index contributed by atoms with van der Waals surface area (Å²) in [6, 6.07) is 11.0. The van der Waals surface area contributed by atoms with Crippen LogP contribution in [0.15, 0.2) is 47.4 Å². The second kappa shape index (κ2) is 7.31. The minimum Gasteiger partial charge on any atom is -0.325 e. The molecule has 1 amide bonds. The maximum atomic E-state index is 12.1. The summed E-state index contributed by atoms with van der Waals surface area (Å²) in [4.78, 5) is 12.0. The molecule has 2 N–H and O–H groups in total. The molecule has 0 heterocycles. The first-order valence-corrected chi connectivity index (χ1v) is 8.83. The maximum absolute atomic E-state index is 12.1. The summed E-state index contributed by atoms with van der Waals surface area (Å²) in [5, 5.41) is 3.20. The van der Waals surface area contributed by atoms with Crippen molar-refractivity contribution in [3.05, 3.63) is 58.1 Å². The Hall–Kier alpha value is -1.60. The van der Waals surface area contributed by atoms with E-state index >= 15 is 0 Å². The zero-order valence-corrected chi connectivity index (χ0v) is 14.5. The summed E-state index contributed by atoms with van der Waals surface area (Å²) in [6.45, 7) is 1.40. The second-order valence-corrected chi connectivity index (χ2v) is 7.40. The predicted octanol–water partition coefficient (Wildman–Crippen LogP) is 3.22. The van der Waals surface area contributed by atoms with Gasteiger partial charge in [0.2, 0.25) is 15.9 Å². The van der Waals surface area contributed by atoms with Crippen LogP contribution in [-0.4, -0.2) is 20.9 Å². The normalized spacial score (nSPS) is 11.3. The van der Waals surface area contributed by atoms with E-state index in [0.717, 1.165) is 5.56 Å². The monoisotopic (exact) mass is 372 g/mol. The van der Waals surface area contributed by atoms with Crippen molar-refractivity contribution in [3.63, 3.8) is 0 Å². The molecule has 0 bridgehead atoms. The van der Waals surface area contributed by atoms with Crippen LogP contribution in [0.5, 0.6) is 0 Å². The molecular weight excluding hydrogens is 359 g/mol. The van der Waals surface area contributed by atoms with Gasteiger partial charge in [-0.3, -0.25) is 4.79 Å². The summed E-state index contributed by atoms with van der Waals surface area (Å²) >= 11 is 11.6. The Morgan fingerprint density at radius 2 is 1.83 bits per heavy atom. The van der Waals surface area contributed by atoms with Gasteiger partial charge in [0, 0.05) is 5.69 Å². The van der Waals surface area contributed by atoms with Crippen molar-refractivity contribution < 1.29 is 13.2 Å². The van der Waals surface area contributed by atoms with Gasteiger partial charge in [0.15, 0.2) is 0 Å². The molecule has 0 radical (unpaired) electrons. The fraction of sp³-hybridized carbons (Fsp3) is 0.133. The van der Waals surface area contributed by atoms with Crippen molar-refractivity contribution >= 4 is 44.8 Å². The highest BCUT2D eigenvalue weighted by Gasteiger charge is 2.15. The highest BCUT2D eigenvalue weighted by molar-refractivity contribution is 7.89. The van der Waals surface area contributed by atoms with E-state index in [1.807, 2.05) is 0 Å². The molecule has 0 saturated carbocycles. The van der Waals surface area contributed by atoms with Crippen molar-refractivity contribution in [1.29, 1.82) is 0 Å². The number of aryl methyl sites for hydroxylation is 1. The fourth-order valence-electron chi connectivity index (χ4n) is 1.81. The highest BCUT2D eigenvalue weighted by Crippen LogP contribution is 2.24. The molecule has 0 fully saturated rings. The van der Waals surface area contributed by atoms with Gasteiger partial charge in [-0.25, -0.2) is 13.1 Å². The van der Waals surface area contributed by atoms with Gasteiger partial charge in [-0.2, -0.15) is 0 Å². The average molecular weight is 373 g/mol. The molecule has 2 aromatic rings. The SMILES string of the molecule is Cc1cccc(S(=O)(=O)NCC(=O)Nc2ccc(Cl)c(Cl)c2)c1. The Morgan fingerprint density at radius 3 is 2.48 bits per heavy atom. The largest absolute Gasteiger partial charge is 0.325 e. The van der Waals surface area contributed by atoms with Crippen molar-refractivity contribution in [2.75, 3.05) is 11.9 Å². The van der Waals surface area contributed by atoms with E-state index in [1.165, 1.54) is 24.3 Å². The zero-order chi connectivity index (χ0) is 17.0. The molecular formula is C15H14Cl2N2O3S. The van der Waals surface area contributed by atoms with Crippen molar-refractivity contribution in [1.82, 2.24) is 4.72 Å². The zero-order valence-electron chi connectivity index (χ0n) is 12.1. The summed E-state index contributed by atoms with van der Waals surface area (Å²) in [6.07, 6.45) is 0. The van der Waals surface area contributed by atoms with Gasteiger partial charge >= 0.3 is 0 Å². The Bertz CT molecular complexity index is 838. The lowest BCUT2D eigenvalue weighted by molar-refractivity contribution is -0.115. The van der Waals surface area contributed by atoms with Crippen LogP contribution in [0.2, 0.25) is 10.0 Å². The molecule has 2 rings (SSSR count). The molecule has 0 spiro atoms. The summed E-state index contributed by atoms with van der Waals surface area (Å²) in [7, 11) is -3.74. The summed E-state index contributed by atoms with van der Waals surface area (Å²) < 4.78 is 26.5. The number of benzene rings is 2. The number of hydrogen-bond acceptors (Lipinski definition) is 3. The van der Waals surface area contributed by atoms with E-state index in [1.54, 1.807) is 25.1 Å². The van der Waals surface area contributed by atoms with E-state index in [4.69, 9.17) is 23.2 Å². The quantitative estimate of drug-likeness (QED) is 0.845. The number of sulfonamides is 1. The van der Waals surface area contributed by atoms with Gasteiger partial charge in [0.25, 0.3) is 0 Å². The topological polar surface area (TPSA) is 75.3 Å². The third-order valence-electron chi connectivity index (χ3n) is 2.93. The third-order valence-corrected chi connectivity index (χ3v) is 5.06. The molecule has 8 heteroatoms. The lowest BCUT2D eigenvalue weighted by Crippen LogP contribution is -2.32. The lowest BCUT2D eigenvalue weighted by atomic mass is 10.2. The van der Waals surface area contributed by atoms with E-state index in [0.29, 0.717) is 15.7 Å². The standard InChI is InChI=1S/C15H14Cl2N2O3S/c1-10-3-2-4-12(7-10)23(21,22)18-9-15(20)19-11-5-6-13(16)14(17)8-11/h2-8,18H,9H2,1H3,(H,19,20). The number of nitrogens with one attached hydrogen (secondary N) is 2. The van der Waals surface area contributed by atoms with Gasteiger partial charge in [-0.1, -0.05) is 35.3 Å². The first kappa shape index (κ1) is 17.7. The molecule has 0 saturated heterocycles. The smallest absolute Gasteiger partial charge is 0.241 e. The summed E-state index contributed by atoms with van der Waals surface area (Å²) in [5.74, 6) is -0.514. The van der Waals surface area contributed by atoms with Gasteiger partial charge < -0.3 is 5.32 Å². The number of halogens is 2. The Kier molecular flexibility index (Phi) is 5.64. The minimum absolute atomic E-state index is 0.111. The molecule has 122 valence electrons. The molecule has 5 nitrogen and oxygen atoms in total. The molecule has 0 unspecified atom stereocenters. The maximum Gasteiger partial charge on any atom is 0.241 e. The van der Waals surface area contributed by atoms with E-state index < -0.39 is 22.5 Å². The number of hydrogen-bond donors (Lipinski definition) is 2. The summed E-state index contributed by atoms with van der Waals surface area (Å²) in [5.41, 5.74) is 1.24. The van der Waals surface area contributed by atoms with Gasteiger partial charge in [-0.05, 0) is 42.8 Å². The molecule has 0 aliphatic rings. The van der Waals surface area contributed by atoms with Crippen LogP contribution in [0.1, 0.15) is 5.56 Å². The minimum atomic E-state index is -3.74. The molecule has 0 atom stereocenters. The average Bonchev–Trinajstić information content (AvgIpc) is 2.49. The van der Waals surface area contributed by atoms with E-state index in [9.17, 15) is 13.2 Å². The van der Waals surface area contributed by atoms with Gasteiger partial charge in [0.1, 0.15) is 0 Å². The Balaban J connectivity index is 1.99. The van der Waals surface area contributed by atoms with Gasteiger partial charge in [0.05, 0.1) is 21.5 Å². The van der Waals surface area contributed by atoms with Crippen LogP contribution in [-0.2, 0) is 14.8 Å². The number of carbonyl (C=O) groups excluding carboxylic acids is 1. The molecule has 23 heavy (non-hydrogen) atoms. The predicted molar refractivity (Wildman–Crippen MR) is 91.5 cm³/mol. The van der Waals surface area contributed by atoms with E-state index in [-0.39, 0.29) is 4.90 Å². The van der Waals surface area contributed by atoms with Gasteiger partial charge in [-0.15, -0.1) is 0 Å². The van der Waals surface area contributed by atoms with Crippen LogP contribution in [0.25, 0.3) is 0 Å². The Morgan fingerprint density at radius 1 is 1.09 bits per heavy atom. The molecule has 2 aromatic carbocycles. The Labute approximate surface area is 144 Å². The third kappa shape index (κ3) is 4.94. The van der Waals surface area contributed by atoms with Crippen molar-refractivity contribution in [2.24, 2.45) is 0 Å². The van der Waals surface area contributed by atoms with Crippen LogP contribution in [0.3, 0.4) is 0 Å². The number of carbonyl (C=O) groups is 1. The van der Waals surface area contributed by atoms with Crippen LogP contribution >= 0.6 is 23.2 Å². The van der Waals surface area contributed by atoms with Crippen molar-refractivity contribution in [3.8, 4) is 0 Å². The highest BCUT2D eigenvalue weighted by atomic mass is 35.5. The van der Waals surface area contributed by atoms with Crippen LogP contribution < -0.4 is 10.0 Å². The number of amides is 1. The first-order valence-electron chi connectivity index (χ1n) is 6.59. The number of anilines is 1. The second-order valence-electron chi connectivity index (χ2n) is 4.82. The van der Waals surface area contributed by atoms with E-state index in [2.05, 4.69) is 10.0 Å². The fourth-order valence-corrected chi connectivity index (χ4v) is 3.19.